The van der Waals surface area contributed by atoms with E-state index in [9.17, 15) is 26.7 Å². The molecule has 0 saturated carbocycles. The maximum absolute atomic E-state index is 14.4. The van der Waals surface area contributed by atoms with Crippen LogP contribution in [0.15, 0.2) is 42.5 Å². The van der Waals surface area contributed by atoms with Gasteiger partial charge < -0.3 is 10.2 Å². The van der Waals surface area contributed by atoms with E-state index in [0.29, 0.717) is 4.68 Å². The summed E-state index contributed by atoms with van der Waals surface area (Å²) in [6, 6.07) is 8.02. The Morgan fingerprint density at radius 3 is 2.42 bits per heavy atom. The van der Waals surface area contributed by atoms with E-state index >= 15 is 0 Å². The molecule has 0 aliphatic rings. The average molecular weight is 439 g/mol. The van der Waals surface area contributed by atoms with Gasteiger partial charge in [-0.2, -0.15) is 13.2 Å². The van der Waals surface area contributed by atoms with Crippen molar-refractivity contribution in [2.45, 2.75) is 26.1 Å². The molecule has 0 spiro atoms. The molecule has 0 bridgehead atoms. The fourth-order valence-electron chi connectivity index (χ4n) is 2.82. The van der Waals surface area contributed by atoms with Crippen LogP contribution in [0.2, 0.25) is 0 Å². The summed E-state index contributed by atoms with van der Waals surface area (Å²) in [5, 5.41) is 8.90. The number of carbonyl (C=O) groups is 1. The van der Waals surface area contributed by atoms with E-state index in [4.69, 9.17) is 0 Å². The van der Waals surface area contributed by atoms with Crippen LogP contribution >= 0.6 is 0 Å². The van der Waals surface area contributed by atoms with Gasteiger partial charge in [-0.15, -0.1) is 5.10 Å². The van der Waals surface area contributed by atoms with Crippen molar-refractivity contribution in [1.82, 2.24) is 15.0 Å². The Bertz CT molecular complexity index is 1110. The number of carbonyl (C=O) groups excluding carboxylic acids is 1. The largest absolute Gasteiger partial charge is 0.435 e. The van der Waals surface area contributed by atoms with E-state index in [-0.39, 0.29) is 23.1 Å². The molecule has 11 heteroatoms. The van der Waals surface area contributed by atoms with Crippen LogP contribution in [0.4, 0.5) is 33.3 Å². The molecule has 0 saturated heterocycles. The lowest BCUT2D eigenvalue weighted by molar-refractivity contribution is -0.143. The van der Waals surface area contributed by atoms with Crippen molar-refractivity contribution in [2.24, 2.45) is 0 Å². The molecule has 3 rings (SSSR count). The third kappa shape index (κ3) is 4.65. The Kier molecular flexibility index (Phi) is 5.96. The van der Waals surface area contributed by atoms with Crippen LogP contribution < -0.4 is 10.2 Å². The van der Waals surface area contributed by atoms with Crippen molar-refractivity contribution >= 4 is 17.3 Å². The van der Waals surface area contributed by atoms with Crippen LogP contribution in [0, 0.1) is 11.6 Å². The summed E-state index contributed by atoms with van der Waals surface area (Å²) in [7, 11) is 1.68. The molecule has 0 radical (unpaired) electrons. The van der Waals surface area contributed by atoms with Gasteiger partial charge in [0.15, 0.2) is 11.4 Å². The molecular weight excluding hydrogens is 421 g/mol. The number of anilines is 2. The maximum atomic E-state index is 14.4. The summed E-state index contributed by atoms with van der Waals surface area (Å²) in [5.74, 6) is -2.68. The monoisotopic (exact) mass is 439 g/mol. The molecule has 2 aromatic carbocycles. The summed E-state index contributed by atoms with van der Waals surface area (Å²) < 4.78 is 69.2. The predicted octanol–water partition coefficient (Wildman–Crippen LogP) is 4.66. The van der Waals surface area contributed by atoms with Crippen molar-refractivity contribution in [3.8, 4) is 5.69 Å². The lowest BCUT2D eigenvalue weighted by atomic mass is 10.2. The number of amides is 1. The van der Waals surface area contributed by atoms with Gasteiger partial charge >= 0.3 is 6.18 Å². The van der Waals surface area contributed by atoms with Crippen LogP contribution in [0.1, 0.15) is 30.0 Å². The Balaban J connectivity index is 1.95. The highest BCUT2D eigenvalue weighted by Crippen LogP contribution is 2.33. The van der Waals surface area contributed by atoms with Gasteiger partial charge in [-0.1, -0.05) is 11.3 Å². The van der Waals surface area contributed by atoms with Gasteiger partial charge in [0.2, 0.25) is 0 Å². The first-order valence-corrected chi connectivity index (χ1v) is 9.11. The van der Waals surface area contributed by atoms with Crippen molar-refractivity contribution in [1.29, 1.82) is 0 Å². The topological polar surface area (TPSA) is 63.1 Å². The molecule has 0 aliphatic carbocycles. The normalized spacial score (nSPS) is 11.6. The molecule has 31 heavy (non-hydrogen) atoms. The quantitative estimate of drug-likeness (QED) is 0.588. The zero-order chi connectivity index (χ0) is 22.9. The van der Waals surface area contributed by atoms with Crippen LogP contribution in [0.5, 0.6) is 0 Å². The second-order valence-electron chi connectivity index (χ2n) is 7.00. The van der Waals surface area contributed by atoms with Gasteiger partial charge in [0, 0.05) is 18.8 Å². The molecule has 0 aliphatic heterocycles. The maximum Gasteiger partial charge on any atom is 0.435 e. The first-order chi connectivity index (χ1) is 14.5. The Morgan fingerprint density at radius 2 is 1.84 bits per heavy atom. The molecule has 164 valence electrons. The van der Waals surface area contributed by atoms with Crippen molar-refractivity contribution in [3.05, 3.63) is 65.5 Å². The molecular formula is C20H18F5N5O. The minimum absolute atomic E-state index is 0.00199. The predicted molar refractivity (Wildman–Crippen MR) is 104 cm³/mol. The number of alkyl halides is 3. The number of hydrogen-bond donors (Lipinski definition) is 1. The fourth-order valence-corrected chi connectivity index (χ4v) is 2.82. The highest BCUT2D eigenvalue weighted by molar-refractivity contribution is 6.03. The minimum atomic E-state index is -5.02. The van der Waals surface area contributed by atoms with Gasteiger partial charge in [-0.25, -0.2) is 13.5 Å². The van der Waals surface area contributed by atoms with Gasteiger partial charge in [0.25, 0.3) is 5.91 Å². The summed E-state index contributed by atoms with van der Waals surface area (Å²) in [6.07, 6.45) is -5.02. The third-order valence-corrected chi connectivity index (χ3v) is 4.57. The van der Waals surface area contributed by atoms with E-state index in [1.807, 2.05) is 13.8 Å². The molecule has 3 aromatic rings. The van der Waals surface area contributed by atoms with Crippen LogP contribution in [0.3, 0.4) is 0 Å². The zero-order valence-electron chi connectivity index (χ0n) is 16.7. The molecule has 1 heterocycles. The third-order valence-electron chi connectivity index (χ3n) is 4.57. The summed E-state index contributed by atoms with van der Waals surface area (Å²) in [5.41, 5.74) is -2.56. The standard InChI is InChI=1S/C20H18F5N5O/c1-11(2)29(3)16-8-7-13(10-15(16)22)26-19(31)17-18(20(23,24)25)30(28-27-17)14-6-4-5-12(21)9-14/h4-11H,1-3H3,(H,26,31). The minimum Gasteiger partial charge on any atom is -0.370 e. The summed E-state index contributed by atoms with van der Waals surface area (Å²) >= 11 is 0. The van der Waals surface area contributed by atoms with E-state index in [2.05, 4.69) is 15.6 Å². The number of aromatic nitrogens is 3. The molecule has 0 unspecified atom stereocenters. The highest BCUT2D eigenvalue weighted by atomic mass is 19.4. The van der Waals surface area contributed by atoms with Crippen molar-refractivity contribution in [3.63, 3.8) is 0 Å². The number of halogens is 5. The Hall–Kier alpha value is -3.50. The van der Waals surface area contributed by atoms with Crippen LogP contribution in [-0.4, -0.2) is 34.0 Å². The smallest absolute Gasteiger partial charge is 0.370 e. The molecule has 0 fully saturated rings. The first kappa shape index (κ1) is 22.2. The lowest BCUT2D eigenvalue weighted by Crippen LogP contribution is -2.26. The fraction of sp³-hybridized carbons (Fsp3) is 0.250. The second-order valence-corrected chi connectivity index (χ2v) is 7.00. The Morgan fingerprint density at radius 1 is 1.13 bits per heavy atom. The molecule has 1 N–H and O–H groups in total. The van der Waals surface area contributed by atoms with E-state index < -0.39 is 35.1 Å². The number of nitrogens with zero attached hydrogens (tertiary/aromatic N) is 4. The van der Waals surface area contributed by atoms with E-state index in [1.54, 1.807) is 11.9 Å². The van der Waals surface area contributed by atoms with Gasteiger partial charge in [-0.3, -0.25) is 4.79 Å². The van der Waals surface area contributed by atoms with E-state index in [0.717, 1.165) is 18.2 Å². The number of hydrogen-bond acceptors (Lipinski definition) is 4. The first-order valence-electron chi connectivity index (χ1n) is 9.11. The summed E-state index contributed by atoms with van der Waals surface area (Å²) in [4.78, 5) is 14.2. The van der Waals surface area contributed by atoms with Gasteiger partial charge in [0.1, 0.15) is 11.6 Å². The lowest BCUT2D eigenvalue weighted by Gasteiger charge is -2.24. The van der Waals surface area contributed by atoms with Crippen molar-refractivity contribution in [2.75, 3.05) is 17.3 Å². The SMILES string of the molecule is CC(C)N(C)c1ccc(NC(=O)c2nnn(-c3cccc(F)c3)c2C(F)(F)F)cc1F. The van der Waals surface area contributed by atoms with Crippen LogP contribution in [-0.2, 0) is 6.18 Å². The average Bonchev–Trinajstić information content (AvgIpc) is 3.13. The zero-order valence-corrected chi connectivity index (χ0v) is 16.7. The summed E-state index contributed by atoms with van der Waals surface area (Å²) in [6.45, 7) is 3.71. The van der Waals surface area contributed by atoms with E-state index in [1.165, 1.54) is 24.3 Å². The molecule has 0 atom stereocenters. The number of rotatable bonds is 5. The highest BCUT2D eigenvalue weighted by Gasteiger charge is 2.42. The number of nitrogens with one attached hydrogen (secondary N) is 1. The second kappa shape index (κ2) is 8.32. The van der Waals surface area contributed by atoms with Crippen LogP contribution in [0.25, 0.3) is 5.69 Å². The Labute approximate surface area is 174 Å². The van der Waals surface area contributed by atoms with Gasteiger partial charge in [-0.05, 0) is 50.2 Å². The molecule has 1 aromatic heterocycles. The van der Waals surface area contributed by atoms with Crippen molar-refractivity contribution < 1.29 is 26.7 Å². The van der Waals surface area contributed by atoms with Gasteiger partial charge in [0.05, 0.1) is 11.4 Å². The molecule has 6 nitrogen and oxygen atoms in total. The number of benzene rings is 2. The molecule has 1 amide bonds.